The summed E-state index contributed by atoms with van der Waals surface area (Å²) in [5.41, 5.74) is 1.57. The van der Waals surface area contributed by atoms with E-state index in [0.717, 1.165) is 25.1 Å². The first kappa shape index (κ1) is 13.9. The largest absolute Gasteiger partial charge is 0.372 e. The Kier molecular flexibility index (Phi) is 6.51. The van der Waals surface area contributed by atoms with Gasteiger partial charge in [-0.15, -0.1) is 0 Å². The molecular weight excluding hydrogens is 217 g/mol. The molecule has 0 bridgehead atoms. The van der Waals surface area contributed by atoms with Gasteiger partial charge in [-0.3, -0.25) is 0 Å². The van der Waals surface area contributed by atoms with Crippen LogP contribution >= 0.6 is 0 Å². The van der Waals surface area contributed by atoms with E-state index >= 15 is 0 Å². The number of hydrogen-bond acceptors (Lipinski definition) is 2. The lowest BCUT2D eigenvalue weighted by Crippen LogP contribution is -2.19. The molecule has 3 heteroatoms. The summed E-state index contributed by atoms with van der Waals surface area (Å²) in [4.78, 5) is 0. The van der Waals surface area contributed by atoms with Gasteiger partial charge in [-0.25, -0.2) is 4.39 Å². The first-order chi connectivity index (χ1) is 8.24. The summed E-state index contributed by atoms with van der Waals surface area (Å²) in [6.45, 7) is 8.50. The van der Waals surface area contributed by atoms with Crippen molar-refractivity contribution in [3.8, 4) is 0 Å². The monoisotopic (exact) mass is 237 g/mol. The van der Waals surface area contributed by atoms with Crippen LogP contribution in [-0.2, 0) is 11.3 Å². The average Bonchev–Trinajstić information content (AvgIpc) is 2.32. The van der Waals surface area contributed by atoms with E-state index in [1.165, 1.54) is 6.07 Å². The minimum atomic E-state index is -0.220. The van der Waals surface area contributed by atoms with E-state index < -0.39 is 0 Å². The molecule has 0 fully saturated rings. The number of nitrogens with one attached hydrogen (secondary N) is 1. The molecule has 1 aromatic rings. The van der Waals surface area contributed by atoms with E-state index in [-0.39, 0.29) is 5.82 Å². The molecule has 1 aromatic carbocycles. The molecule has 0 aliphatic heterocycles. The summed E-state index contributed by atoms with van der Waals surface area (Å²) in [6, 6.07) is 6.65. The fraction of sp³-hybridized carbons (Fsp3) is 0.429. The number of rotatable bonds is 8. The van der Waals surface area contributed by atoms with E-state index in [1.807, 2.05) is 0 Å². The first-order valence-electron chi connectivity index (χ1n) is 5.92. The summed E-state index contributed by atoms with van der Waals surface area (Å²) in [5, 5.41) is 3.24. The number of halogens is 1. The normalized spacial score (nSPS) is 10.5. The Hall–Kier alpha value is -1.19. The van der Waals surface area contributed by atoms with Gasteiger partial charge in [-0.2, -0.15) is 0 Å². The summed E-state index contributed by atoms with van der Waals surface area (Å²) in [7, 11) is 0. The Labute approximate surface area is 102 Å². The first-order valence-corrected chi connectivity index (χ1v) is 5.92. The van der Waals surface area contributed by atoms with Crippen LogP contribution in [0.1, 0.15) is 18.9 Å². The van der Waals surface area contributed by atoms with Crippen LogP contribution in [0.2, 0.25) is 0 Å². The highest BCUT2D eigenvalue weighted by Crippen LogP contribution is 2.07. The van der Waals surface area contributed by atoms with Crippen molar-refractivity contribution in [2.24, 2.45) is 0 Å². The van der Waals surface area contributed by atoms with Crippen LogP contribution < -0.4 is 5.32 Å². The van der Waals surface area contributed by atoms with Crippen molar-refractivity contribution >= 4 is 0 Å². The predicted octanol–water partition coefficient (Wildman–Crippen LogP) is 2.90. The van der Waals surface area contributed by atoms with Gasteiger partial charge in [0.25, 0.3) is 0 Å². The van der Waals surface area contributed by atoms with Gasteiger partial charge in [0.15, 0.2) is 0 Å². The number of ether oxygens (including phenoxy) is 1. The minimum absolute atomic E-state index is 0.220. The van der Waals surface area contributed by atoms with E-state index in [9.17, 15) is 4.39 Å². The molecule has 1 rings (SSSR count). The lowest BCUT2D eigenvalue weighted by Gasteiger charge is -2.08. The van der Waals surface area contributed by atoms with E-state index in [1.54, 1.807) is 18.2 Å². The maximum atomic E-state index is 13.2. The molecule has 0 unspecified atom stereocenters. The zero-order valence-electron chi connectivity index (χ0n) is 10.3. The molecule has 0 spiro atoms. The molecule has 0 radical (unpaired) electrons. The Morgan fingerprint density at radius 1 is 1.41 bits per heavy atom. The van der Waals surface area contributed by atoms with Gasteiger partial charge in [0, 0.05) is 12.1 Å². The lowest BCUT2D eigenvalue weighted by molar-refractivity contribution is 0.138. The molecule has 0 saturated carbocycles. The van der Waals surface area contributed by atoms with Crippen molar-refractivity contribution in [2.75, 3.05) is 19.7 Å². The zero-order valence-corrected chi connectivity index (χ0v) is 10.3. The van der Waals surface area contributed by atoms with Gasteiger partial charge < -0.3 is 10.1 Å². The Morgan fingerprint density at radius 2 is 2.18 bits per heavy atom. The van der Waals surface area contributed by atoms with Crippen LogP contribution in [0.4, 0.5) is 4.39 Å². The highest BCUT2D eigenvalue weighted by molar-refractivity contribution is 5.16. The van der Waals surface area contributed by atoms with Crippen LogP contribution in [0.3, 0.4) is 0 Å². The van der Waals surface area contributed by atoms with E-state index in [0.29, 0.717) is 18.8 Å². The highest BCUT2D eigenvalue weighted by atomic mass is 19.1. The molecule has 0 aromatic heterocycles. The molecule has 0 aliphatic carbocycles. The van der Waals surface area contributed by atoms with E-state index in [2.05, 4.69) is 18.8 Å². The molecule has 0 heterocycles. The summed E-state index contributed by atoms with van der Waals surface area (Å²) in [6.07, 6.45) is 1.10. The van der Waals surface area contributed by atoms with Crippen molar-refractivity contribution in [1.29, 1.82) is 0 Å². The van der Waals surface area contributed by atoms with Crippen LogP contribution in [0.15, 0.2) is 36.4 Å². The topological polar surface area (TPSA) is 21.3 Å². The third-order valence-electron chi connectivity index (χ3n) is 2.32. The average molecular weight is 237 g/mol. The quantitative estimate of drug-likeness (QED) is 0.554. The van der Waals surface area contributed by atoms with Crippen molar-refractivity contribution in [3.63, 3.8) is 0 Å². The Balaban J connectivity index is 2.19. The standard InChI is InChI=1S/C14H20FNO/c1-3-8-16-9-12(2)10-17-11-13-6-4-5-7-14(13)15/h4-7,16H,2-3,8-11H2,1H3. The van der Waals surface area contributed by atoms with Gasteiger partial charge in [0.05, 0.1) is 13.2 Å². The SMILES string of the molecule is C=C(CNCCC)COCc1ccccc1F. The molecule has 0 amide bonds. The van der Waals surface area contributed by atoms with Gasteiger partial charge in [0.2, 0.25) is 0 Å². The fourth-order valence-electron chi connectivity index (χ4n) is 1.41. The molecule has 0 aliphatic rings. The van der Waals surface area contributed by atoms with Gasteiger partial charge in [-0.05, 0) is 24.6 Å². The number of hydrogen-bond donors (Lipinski definition) is 1. The second-order valence-corrected chi connectivity index (χ2v) is 4.01. The van der Waals surface area contributed by atoms with Gasteiger partial charge in [-0.1, -0.05) is 31.7 Å². The molecule has 0 atom stereocenters. The highest BCUT2D eigenvalue weighted by Gasteiger charge is 2.01. The summed E-state index contributed by atoms with van der Waals surface area (Å²) < 4.78 is 18.7. The smallest absolute Gasteiger partial charge is 0.128 e. The van der Waals surface area contributed by atoms with Gasteiger partial charge >= 0.3 is 0 Å². The third-order valence-corrected chi connectivity index (χ3v) is 2.32. The van der Waals surface area contributed by atoms with Crippen molar-refractivity contribution < 1.29 is 9.13 Å². The molecule has 0 saturated heterocycles. The summed E-state index contributed by atoms with van der Waals surface area (Å²) in [5.74, 6) is -0.220. The minimum Gasteiger partial charge on any atom is -0.372 e. The Morgan fingerprint density at radius 3 is 2.88 bits per heavy atom. The predicted molar refractivity (Wildman–Crippen MR) is 68.4 cm³/mol. The van der Waals surface area contributed by atoms with Crippen LogP contribution in [0.25, 0.3) is 0 Å². The van der Waals surface area contributed by atoms with Crippen LogP contribution in [0, 0.1) is 5.82 Å². The van der Waals surface area contributed by atoms with Gasteiger partial charge in [0.1, 0.15) is 5.82 Å². The maximum Gasteiger partial charge on any atom is 0.128 e. The van der Waals surface area contributed by atoms with Crippen LogP contribution in [0.5, 0.6) is 0 Å². The molecule has 2 nitrogen and oxygen atoms in total. The zero-order chi connectivity index (χ0) is 12.5. The maximum absolute atomic E-state index is 13.2. The van der Waals surface area contributed by atoms with Crippen molar-refractivity contribution in [1.82, 2.24) is 5.32 Å². The fourth-order valence-corrected chi connectivity index (χ4v) is 1.41. The van der Waals surface area contributed by atoms with Crippen molar-refractivity contribution in [3.05, 3.63) is 47.8 Å². The van der Waals surface area contributed by atoms with Crippen molar-refractivity contribution in [2.45, 2.75) is 20.0 Å². The molecule has 94 valence electrons. The van der Waals surface area contributed by atoms with E-state index in [4.69, 9.17) is 4.74 Å². The van der Waals surface area contributed by atoms with Crippen LogP contribution in [-0.4, -0.2) is 19.7 Å². The molecule has 1 N–H and O–H groups in total. The summed E-state index contributed by atoms with van der Waals surface area (Å²) >= 11 is 0. The second-order valence-electron chi connectivity index (χ2n) is 4.01. The second kappa shape index (κ2) is 7.98. The molecule has 17 heavy (non-hydrogen) atoms. The number of benzene rings is 1. The Bertz CT molecular complexity index is 352. The lowest BCUT2D eigenvalue weighted by atomic mass is 10.2. The molecular formula is C14H20FNO. The third kappa shape index (κ3) is 5.61.